The van der Waals surface area contributed by atoms with Gasteiger partial charge in [-0.2, -0.15) is 0 Å². The molecule has 2 heterocycles. The molecule has 0 bridgehead atoms. The fourth-order valence-corrected chi connectivity index (χ4v) is 3.33. The number of nitrogens with one attached hydrogen (secondary N) is 1. The number of benzene rings is 1. The monoisotopic (exact) mass is 388 g/mol. The van der Waals surface area contributed by atoms with E-state index < -0.39 is 15.9 Å². The summed E-state index contributed by atoms with van der Waals surface area (Å²) in [4.78, 5) is 15.3. The molecule has 1 amide bonds. The van der Waals surface area contributed by atoms with E-state index in [1.807, 2.05) is 0 Å². The SMILES string of the molecule is COc1ccc(S(=O)(=O)NCc2cn(-c3ccncc3)nn2)cc1C(N)=O. The van der Waals surface area contributed by atoms with Gasteiger partial charge < -0.3 is 10.5 Å². The standard InChI is InChI=1S/C16H16N6O4S/c1-26-15-3-2-13(8-14(15)16(17)23)27(24,25)19-9-11-10-22(21-20-11)12-4-6-18-7-5-12/h2-8,10,19H,9H2,1H3,(H2,17,23). The van der Waals surface area contributed by atoms with Crippen LogP contribution in [0.4, 0.5) is 0 Å². The minimum absolute atomic E-state index is 0.0241. The van der Waals surface area contributed by atoms with Crippen LogP contribution >= 0.6 is 0 Å². The van der Waals surface area contributed by atoms with Gasteiger partial charge in [0.1, 0.15) is 5.75 Å². The number of sulfonamides is 1. The summed E-state index contributed by atoms with van der Waals surface area (Å²) in [6.07, 6.45) is 4.82. The summed E-state index contributed by atoms with van der Waals surface area (Å²) in [7, 11) is -2.53. The number of methoxy groups -OCH3 is 1. The molecular formula is C16H16N6O4S. The lowest BCUT2D eigenvalue weighted by Gasteiger charge is -2.09. The van der Waals surface area contributed by atoms with Crippen LogP contribution in [0.25, 0.3) is 5.69 Å². The highest BCUT2D eigenvalue weighted by atomic mass is 32.2. The Morgan fingerprint density at radius 3 is 2.67 bits per heavy atom. The van der Waals surface area contributed by atoms with Gasteiger partial charge in [0.05, 0.1) is 41.7 Å². The van der Waals surface area contributed by atoms with E-state index >= 15 is 0 Å². The Hall–Kier alpha value is -3.31. The first-order valence-corrected chi connectivity index (χ1v) is 9.18. The number of pyridine rings is 1. The number of nitrogens with two attached hydrogens (primary N) is 1. The van der Waals surface area contributed by atoms with Crippen LogP contribution in [-0.4, -0.2) is 41.4 Å². The fourth-order valence-electron chi connectivity index (χ4n) is 2.30. The van der Waals surface area contributed by atoms with Crippen LogP contribution in [0.15, 0.2) is 53.8 Å². The molecule has 0 atom stereocenters. The molecule has 0 aliphatic rings. The third kappa shape index (κ3) is 4.10. The van der Waals surface area contributed by atoms with Crippen molar-refractivity contribution in [1.82, 2.24) is 24.7 Å². The van der Waals surface area contributed by atoms with Crippen molar-refractivity contribution in [2.45, 2.75) is 11.4 Å². The highest BCUT2D eigenvalue weighted by molar-refractivity contribution is 7.89. The molecule has 2 aromatic heterocycles. The van der Waals surface area contributed by atoms with E-state index in [1.54, 1.807) is 30.7 Å². The predicted octanol–water partition coefficient (Wildman–Crippen LogP) is 0.248. The number of rotatable bonds is 7. The highest BCUT2D eigenvalue weighted by Gasteiger charge is 2.19. The van der Waals surface area contributed by atoms with Crippen molar-refractivity contribution < 1.29 is 17.9 Å². The molecule has 1 aromatic carbocycles. The van der Waals surface area contributed by atoms with Crippen molar-refractivity contribution in [2.75, 3.05) is 7.11 Å². The van der Waals surface area contributed by atoms with Gasteiger partial charge in [-0.25, -0.2) is 17.8 Å². The topological polar surface area (TPSA) is 142 Å². The summed E-state index contributed by atoms with van der Waals surface area (Å²) in [5.41, 5.74) is 6.40. The number of hydrogen-bond donors (Lipinski definition) is 2. The van der Waals surface area contributed by atoms with Crippen molar-refractivity contribution in [2.24, 2.45) is 5.73 Å². The quantitative estimate of drug-likeness (QED) is 0.590. The average Bonchev–Trinajstić information content (AvgIpc) is 3.16. The number of aromatic nitrogens is 4. The van der Waals surface area contributed by atoms with Gasteiger partial charge in [-0.15, -0.1) is 5.10 Å². The van der Waals surface area contributed by atoms with Crippen molar-refractivity contribution >= 4 is 15.9 Å². The Morgan fingerprint density at radius 1 is 1.26 bits per heavy atom. The fraction of sp³-hybridized carbons (Fsp3) is 0.125. The molecule has 27 heavy (non-hydrogen) atoms. The van der Waals surface area contributed by atoms with Crippen LogP contribution in [-0.2, 0) is 16.6 Å². The lowest BCUT2D eigenvalue weighted by Crippen LogP contribution is -2.24. The van der Waals surface area contributed by atoms with Crippen LogP contribution in [0.5, 0.6) is 5.75 Å². The van der Waals surface area contributed by atoms with Gasteiger partial charge in [-0.3, -0.25) is 9.78 Å². The van der Waals surface area contributed by atoms with Crippen molar-refractivity contribution in [3.8, 4) is 11.4 Å². The molecule has 0 aliphatic heterocycles. The van der Waals surface area contributed by atoms with Crippen LogP contribution in [0.1, 0.15) is 16.1 Å². The number of nitrogens with zero attached hydrogens (tertiary/aromatic N) is 4. The zero-order valence-corrected chi connectivity index (χ0v) is 15.0. The number of carbonyl (C=O) groups excluding carboxylic acids is 1. The van der Waals surface area contributed by atoms with Crippen molar-refractivity contribution in [3.63, 3.8) is 0 Å². The Bertz CT molecular complexity index is 1070. The zero-order valence-electron chi connectivity index (χ0n) is 14.2. The van der Waals surface area contributed by atoms with Crippen LogP contribution in [0, 0.1) is 0 Å². The third-order valence-electron chi connectivity index (χ3n) is 3.66. The van der Waals surface area contributed by atoms with Gasteiger partial charge in [-0.1, -0.05) is 5.21 Å². The van der Waals surface area contributed by atoms with Crippen molar-refractivity contribution in [1.29, 1.82) is 0 Å². The van der Waals surface area contributed by atoms with E-state index in [2.05, 4.69) is 20.0 Å². The molecular weight excluding hydrogens is 372 g/mol. The molecule has 0 radical (unpaired) electrons. The largest absolute Gasteiger partial charge is 0.496 e. The Morgan fingerprint density at radius 2 is 2.00 bits per heavy atom. The van der Waals surface area contributed by atoms with E-state index in [4.69, 9.17) is 10.5 Å². The summed E-state index contributed by atoms with van der Waals surface area (Å²) in [5, 5.41) is 7.88. The van der Waals surface area contributed by atoms with E-state index in [1.165, 1.54) is 23.9 Å². The second-order valence-electron chi connectivity index (χ2n) is 5.41. The number of amides is 1. The van der Waals surface area contributed by atoms with Crippen LogP contribution < -0.4 is 15.2 Å². The van der Waals surface area contributed by atoms with E-state index in [-0.39, 0.29) is 22.8 Å². The van der Waals surface area contributed by atoms with Gasteiger partial charge in [-0.05, 0) is 30.3 Å². The smallest absolute Gasteiger partial charge is 0.252 e. The number of primary amides is 1. The van der Waals surface area contributed by atoms with E-state index in [0.717, 1.165) is 11.8 Å². The van der Waals surface area contributed by atoms with Gasteiger partial charge in [0.25, 0.3) is 5.91 Å². The summed E-state index contributed by atoms with van der Waals surface area (Å²) >= 11 is 0. The molecule has 0 saturated heterocycles. The average molecular weight is 388 g/mol. The summed E-state index contributed by atoms with van der Waals surface area (Å²) in [6.45, 7) is -0.0780. The molecule has 0 fully saturated rings. The summed E-state index contributed by atoms with van der Waals surface area (Å²) in [5.74, 6) is -0.592. The van der Waals surface area contributed by atoms with Crippen molar-refractivity contribution in [3.05, 3.63) is 60.2 Å². The Kier molecular flexibility index (Phi) is 5.14. The van der Waals surface area contributed by atoms with Gasteiger partial charge in [0, 0.05) is 12.4 Å². The molecule has 11 heteroatoms. The molecule has 140 valence electrons. The molecule has 3 rings (SSSR count). The molecule has 0 unspecified atom stereocenters. The molecule has 3 aromatic rings. The van der Waals surface area contributed by atoms with Gasteiger partial charge in [0.15, 0.2) is 0 Å². The van der Waals surface area contributed by atoms with E-state index in [9.17, 15) is 13.2 Å². The first-order valence-electron chi connectivity index (χ1n) is 7.70. The normalized spacial score (nSPS) is 11.3. The number of ether oxygens (including phenoxy) is 1. The van der Waals surface area contributed by atoms with Crippen LogP contribution in [0.2, 0.25) is 0 Å². The van der Waals surface area contributed by atoms with Gasteiger partial charge >= 0.3 is 0 Å². The predicted molar refractivity (Wildman–Crippen MR) is 94.7 cm³/mol. The zero-order chi connectivity index (χ0) is 19.4. The Labute approximate surface area is 155 Å². The first kappa shape index (κ1) is 18.5. The third-order valence-corrected chi connectivity index (χ3v) is 5.06. The second kappa shape index (κ2) is 7.51. The summed E-state index contributed by atoms with van der Waals surface area (Å²) in [6, 6.07) is 7.34. The highest BCUT2D eigenvalue weighted by Crippen LogP contribution is 2.22. The maximum Gasteiger partial charge on any atom is 0.252 e. The first-order chi connectivity index (χ1) is 12.9. The second-order valence-corrected chi connectivity index (χ2v) is 7.18. The maximum absolute atomic E-state index is 12.5. The molecule has 0 saturated carbocycles. The molecule has 0 spiro atoms. The van der Waals surface area contributed by atoms with Crippen LogP contribution in [0.3, 0.4) is 0 Å². The summed E-state index contributed by atoms with van der Waals surface area (Å²) < 4.78 is 33.9. The van der Waals surface area contributed by atoms with Gasteiger partial charge in [0.2, 0.25) is 10.0 Å². The van der Waals surface area contributed by atoms with E-state index in [0.29, 0.717) is 5.69 Å². The Balaban J connectivity index is 1.77. The lowest BCUT2D eigenvalue weighted by molar-refractivity contribution is 0.0997. The lowest BCUT2D eigenvalue weighted by atomic mass is 10.2. The number of carbonyl (C=O) groups is 1. The molecule has 3 N–H and O–H groups in total. The maximum atomic E-state index is 12.5. The number of hydrogen-bond acceptors (Lipinski definition) is 7. The minimum atomic E-state index is -3.90. The molecule has 10 nitrogen and oxygen atoms in total. The minimum Gasteiger partial charge on any atom is -0.496 e. The molecule has 0 aliphatic carbocycles.